The average Bonchev–Trinajstić information content (AvgIpc) is 2.37. The molecule has 1 saturated heterocycles. The van der Waals surface area contributed by atoms with Gasteiger partial charge in [-0.2, -0.15) is 9.97 Å². The van der Waals surface area contributed by atoms with Crippen LogP contribution in [0.1, 0.15) is 13.3 Å². The summed E-state index contributed by atoms with van der Waals surface area (Å²) in [5, 5.41) is 5.26. The van der Waals surface area contributed by atoms with Crippen LogP contribution in [-0.2, 0) is 4.74 Å². The monoisotopic (exact) mass is 252 g/mol. The van der Waals surface area contributed by atoms with Crippen molar-refractivity contribution in [3.63, 3.8) is 0 Å². The van der Waals surface area contributed by atoms with Gasteiger partial charge in [0.25, 0.3) is 0 Å². The minimum absolute atomic E-state index is 0.270. The Morgan fingerprint density at radius 2 is 2.06 bits per heavy atom. The molecule has 0 aliphatic carbocycles. The lowest BCUT2D eigenvalue weighted by Crippen LogP contribution is -2.40. The number of hydrazine groups is 1. The first-order valence-electron chi connectivity index (χ1n) is 6.25. The molecule has 1 aliphatic heterocycles. The van der Waals surface area contributed by atoms with Gasteiger partial charge in [0.05, 0.1) is 13.2 Å². The van der Waals surface area contributed by atoms with Crippen LogP contribution in [0, 0.1) is 0 Å². The highest BCUT2D eigenvalue weighted by molar-refractivity contribution is 5.50. The number of hydrogen-bond acceptors (Lipinski definition) is 7. The molecule has 100 valence electrons. The number of nitrogen functional groups attached to an aromatic ring is 1. The summed E-state index contributed by atoms with van der Waals surface area (Å²) >= 11 is 0. The van der Waals surface area contributed by atoms with E-state index in [0.29, 0.717) is 5.82 Å². The lowest BCUT2D eigenvalue weighted by atomic mass is 10.4. The van der Waals surface area contributed by atoms with Gasteiger partial charge in [-0.1, -0.05) is 6.92 Å². The molecule has 0 saturated carbocycles. The maximum atomic E-state index is 5.69. The van der Waals surface area contributed by atoms with E-state index in [1.807, 2.05) is 6.07 Å². The fourth-order valence-electron chi connectivity index (χ4n) is 1.70. The maximum absolute atomic E-state index is 5.69. The fourth-order valence-corrected chi connectivity index (χ4v) is 1.70. The van der Waals surface area contributed by atoms with Gasteiger partial charge in [-0.3, -0.25) is 0 Å². The summed E-state index contributed by atoms with van der Waals surface area (Å²) in [5.74, 6) is 1.73. The molecule has 2 rings (SSSR count). The molecular weight excluding hydrogens is 232 g/mol. The topological polar surface area (TPSA) is 88.3 Å². The van der Waals surface area contributed by atoms with Crippen LogP contribution < -0.4 is 16.5 Å². The molecule has 1 aromatic rings. The molecule has 0 atom stereocenters. The smallest absolute Gasteiger partial charge is 0.223 e. The van der Waals surface area contributed by atoms with E-state index in [-0.39, 0.29) is 5.95 Å². The van der Waals surface area contributed by atoms with E-state index in [2.05, 4.69) is 32.6 Å². The van der Waals surface area contributed by atoms with E-state index in [1.165, 1.54) is 0 Å². The second kappa shape index (κ2) is 6.36. The summed E-state index contributed by atoms with van der Waals surface area (Å²) in [5.41, 5.74) is 8.91. The second-order valence-corrected chi connectivity index (χ2v) is 4.13. The van der Waals surface area contributed by atoms with E-state index < -0.39 is 0 Å². The predicted octanol–water partition coefficient (Wildman–Crippen LogP) is 0.540. The summed E-state index contributed by atoms with van der Waals surface area (Å²) < 4.78 is 5.29. The number of nitrogens with one attached hydrogen (secondary N) is 2. The molecule has 0 radical (unpaired) electrons. The minimum atomic E-state index is 0.270. The molecule has 0 spiro atoms. The first kappa shape index (κ1) is 12.8. The van der Waals surface area contributed by atoms with Gasteiger partial charge in [-0.15, -0.1) is 0 Å². The number of morpholine rings is 1. The minimum Gasteiger partial charge on any atom is -0.379 e. The Hall–Kier alpha value is -1.60. The Morgan fingerprint density at radius 1 is 1.33 bits per heavy atom. The maximum Gasteiger partial charge on any atom is 0.223 e. The zero-order valence-electron chi connectivity index (χ0n) is 10.6. The Balaban J connectivity index is 1.99. The molecule has 0 bridgehead atoms. The van der Waals surface area contributed by atoms with Gasteiger partial charge in [0.15, 0.2) is 0 Å². The van der Waals surface area contributed by atoms with E-state index in [0.717, 1.165) is 45.1 Å². The van der Waals surface area contributed by atoms with Crippen LogP contribution >= 0.6 is 0 Å². The first-order valence-corrected chi connectivity index (χ1v) is 6.25. The van der Waals surface area contributed by atoms with Crippen LogP contribution in [0.25, 0.3) is 0 Å². The summed E-state index contributed by atoms with van der Waals surface area (Å²) in [6.45, 7) is 6.10. The second-order valence-electron chi connectivity index (χ2n) is 4.13. The zero-order chi connectivity index (χ0) is 12.8. The van der Waals surface area contributed by atoms with E-state index in [1.54, 1.807) is 0 Å². The van der Waals surface area contributed by atoms with Gasteiger partial charge in [-0.25, -0.2) is 5.01 Å². The third-order valence-electron chi connectivity index (χ3n) is 2.58. The van der Waals surface area contributed by atoms with Crippen molar-refractivity contribution in [2.45, 2.75) is 13.3 Å². The summed E-state index contributed by atoms with van der Waals surface area (Å²) in [6.07, 6.45) is 1.04. The van der Waals surface area contributed by atoms with Crippen LogP contribution in [0.3, 0.4) is 0 Å². The van der Waals surface area contributed by atoms with Gasteiger partial charge >= 0.3 is 0 Å². The number of nitrogens with two attached hydrogens (primary N) is 1. The third-order valence-corrected chi connectivity index (χ3v) is 2.58. The van der Waals surface area contributed by atoms with Crippen LogP contribution in [0.15, 0.2) is 6.07 Å². The summed E-state index contributed by atoms with van der Waals surface area (Å²) in [6, 6.07) is 1.86. The van der Waals surface area contributed by atoms with Crippen molar-refractivity contribution in [1.29, 1.82) is 0 Å². The molecule has 7 heteroatoms. The number of hydrogen-bond donors (Lipinski definition) is 3. The van der Waals surface area contributed by atoms with Gasteiger partial charge in [0, 0.05) is 25.7 Å². The predicted molar refractivity (Wildman–Crippen MR) is 71.2 cm³/mol. The highest BCUT2D eigenvalue weighted by atomic mass is 16.5. The van der Waals surface area contributed by atoms with Gasteiger partial charge in [-0.05, 0) is 6.42 Å². The quantitative estimate of drug-likeness (QED) is 0.704. The van der Waals surface area contributed by atoms with E-state index in [9.17, 15) is 0 Å². The van der Waals surface area contributed by atoms with Crippen LogP contribution in [0.5, 0.6) is 0 Å². The molecule has 2 heterocycles. The Labute approximate surface area is 107 Å². The molecule has 1 aromatic heterocycles. The third kappa shape index (κ3) is 3.71. The normalized spacial score (nSPS) is 16.5. The van der Waals surface area contributed by atoms with Crippen LogP contribution in [0.4, 0.5) is 17.6 Å². The largest absolute Gasteiger partial charge is 0.379 e. The molecule has 0 aromatic carbocycles. The average molecular weight is 252 g/mol. The molecule has 4 N–H and O–H groups in total. The van der Waals surface area contributed by atoms with Gasteiger partial charge < -0.3 is 21.2 Å². The lowest BCUT2D eigenvalue weighted by Gasteiger charge is -2.27. The van der Waals surface area contributed by atoms with Crippen molar-refractivity contribution >= 4 is 17.6 Å². The van der Waals surface area contributed by atoms with E-state index >= 15 is 0 Å². The first-order chi connectivity index (χ1) is 8.78. The van der Waals surface area contributed by atoms with Crippen molar-refractivity contribution in [3.05, 3.63) is 6.07 Å². The number of rotatable bonds is 5. The van der Waals surface area contributed by atoms with E-state index in [4.69, 9.17) is 10.5 Å². The number of anilines is 3. The molecule has 1 aliphatic rings. The molecule has 18 heavy (non-hydrogen) atoms. The van der Waals surface area contributed by atoms with Crippen molar-refractivity contribution in [3.8, 4) is 0 Å². The van der Waals surface area contributed by atoms with Crippen molar-refractivity contribution in [2.24, 2.45) is 0 Å². The fraction of sp³-hybridized carbons (Fsp3) is 0.636. The SMILES string of the molecule is CCCNc1cc(NN2CCOCC2)nc(N)n1. The summed E-state index contributed by atoms with van der Waals surface area (Å²) in [4.78, 5) is 8.31. The molecule has 0 amide bonds. The number of nitrogens with zero attached hydrogens (tertiary/aromatic N) is 3. The summed E-state index contributed by atoms with van der Waals surface area (Å²) in [7, 11) is 0. The van der Waals surface area contributed by atoms with Gasteiger partial charge in [0.2, 0.25) is 5.95 Å². The standard InChI is InChI=1S/C11H20N6O/c1-2-3-13-9-8-10(15-11(12)14-9)16-17-4-6-18-7-5-17/h8H,2-7H2,1H3,(H4,12,13,14,15,16). The highest BCUT2D eigenvalue weighted by Gasteiger charge is 2.11. The van der Waals surface area contributed by atoms with Crippen molar-refractivity contribution < 1.29 is 4.74 Å². The molecule has 0 unspecified atom stereocenters. The number of aromatic nitrogens is 2. The molecular formula is C11H20N6O. The van der Waals surface area contributed by atoms with Crippen molar-refractivity contribution in [2.75, 3.05) is 49.3 Å². The number of ether oxygens (including phenoxy) is 1. The Bertz CT molecular complexity index is 380. The Morgan fingerprint density at radius 3 is 2.78 bits per heavy atom. The molecule has 7 nitrogen and oxygen atoms in total. The van der Waals surface area contributed by atoms with Crippen LogP contribution in [-0.4, -0.2) is 47.8 Å². The highest BCUT2D eigenvalue weighted by Crippen LogP contribution is 2.13. The lowest BCUT2D eigenvalue weighted by molar-refractivity contribution is 0.0495. The zero-order valence-corrected chi connectivity index (χ0v) is 10.6. The van der Waals surface area contributed by atoms with Crippen LogP contribution in [0.2, 0.25) is 0 Å². The Kier molecular flexibility index (Phi) is 4.54. The molecule has 1 fully saturated rings. The van der Waals surface area contributed by atoms with Gasteiger partial charge in [0.1, 0.15) is 11.6 Å². The van der Waals surface area contributed by atoms with Crippen molar-refractivity contribution in [1.82, 2.24) is 15.0 Å².